The third-order valence-electron chi connectivity index (χ3n) is 8.74. The average molecular weight is 585 g/mol. The van der Waals surface area contributed by atoms with Crippen LogP contribution in [0, 0.1) is 10.1 Å². The molecular formula is C33H40N6O4. The minimum absolute atomic E-state index is 0.0346. The predicted octanol–water partition coefficient (Wildman–Crippen LogP) is 4.09. The molecule has 0 radical (unpaired) electrons. The summed E-state index contributed by atoms with van der Waals surface area (Å²) in [5.74, 6) is -0.315. The molecular weight excluding hydrogens is 544 g/mol. The van der Waals surface area contributed by atoms with Gasteiger partial charge >= 0.3 is 0 Å². The second kappa shape index (κ2) is 14.3. The zero-order valence-corrected chi connectivity index (χ0v) is 24.4. The number of benzene rings is 2. The van der Waals surface area contributed by atoms with E-state index in [2.05, 4.69) is 27.3 Å². The van der Waals surface area contributed by atoms with Crippen LogP contribution in [0.5, 0.6) is 0 Å². The summed E-state index contributed by atoms with van der Waals surface area (Å²) in [4.78, 5) is 46.5. The summed E-state index contributed by atoms with van der Waals surface area (Å²) in [5, 5.41) is 14.4. The lowest BCUT2D eigenvalue weighted by atomic mass is 9.90. The Morgan fingerprint density at radius 2 is 1.72 bits per heavy atom. The zero-order valence-electron chi connectivity index (χ0n) is 24.4. The normalized spacial score (nSPS) is 22.2. The molecule has 1 aliphatic heterocycles. The number of pyridine rings is 1. The molecule has 2 amide bonds. The molecule has 2 aromatic carbocycles. The third-order valence-corrected chi connectivity index (χ3v) is 8.74. The second-order valence-electron chi connectivity index (χ2n) is 11.7. The van der Waals surface area contributed by atoms with Crippen molar-refractivity contribution < 1.29 is 14.5 Å². The Morgan fingerprint density at radius 3 is 2.40 bits per heavy atom. The van der Waals surface area contributed by atoms with Gasteiger partial charge in [-0.3, -0.25) is 29.6 Å². The van der Waals surface area contributed by atoms with Gasteiger partial charge in [-0.25, -0.2) is 0 Å². The summed E-state index contributed by atoms with van der Waals surface area (Å²) in [6.45, 7) is 1.77. The number of carbonyl (C=O) groups is 2. The molecule has 1 saturated carbocycles. The van der Waals surface area contributed by atoms with Crippen LogP contribution in [0.2, 0.25) is 0 Å². The number of hydrogen-bond donors (Lipinski definition) is 2. The van der Waals surface area contributed by atoms with E-state index in [1.807, 2.05) is 18.2 Å². The molecule has 1 saturated heterocycles. The molecule has 0 bridgehead atoms. The predicted molar refractivity (Wildman–Crippen MR) is 164 cm³/mol. The Hall–Kier alpha value is -4.15. The topological polar surface area (TPSA) is 135 Å². The molecule has 2 atom stereocenters. The standard InChI is InChI=1S/C33H40N6O4/c34-27-10-12-28(13-11-27)36-32(40)31-21-30(17-20-38(31)33(41)26-7-4-18-35-22-26)37(19-16-24-5-2-1-3-6-24)23-25-8-14-29(15-9-25)39(42)43/h1-9,14-15,18,22,27-28,30-31H,10-13,16-17,19-21,23,34H2,(H,36,40)/t27?,28?,30?,31-/m1/s1. The Labute approximate surface area is 252 Å². The number of nitro groups is 1. The van der Waals surface area contributed by atoms with Crippen molar-refractivity contribution in [2.24, 2.45) is 5.73 Å². The first-order valence-electron chi connectivity index (χ1n) is 15.2. The lowest BCUT2D eigenvalue weighted by Crippen LogP contribution is -2.58. The van der Waals surface area contributed by atoms with E-state index in [9.17, 15) is 19.7 Å². The Balaban J connectivity index is 1.37. The summed E-state index contributed by atoms with van der Waals surface area (Å²) in [7, 11) is 0. The van der Waals surface area contributed by atoms with Crippen molar-refractivity contribution >= 4 is 17.5 Å². The number of likely N-dealkylation sites (tertiary alicyclic amines) is 1. The van der Waals surface area contributed by atoms with Gasteiger partial charge in [0, 0.05) is 62.3 Å². The molecule has 10 heteroatoms. The van der Waals surface area contributed by atoms with Crippen molar-refractivity contribution in [3.8, 4) is 0 Å². The maximum Gasteiger partial charge on any atom is 0.269 e. The minimum atomic E-state index is -0.627. The van der Waals surface area contributed by atoms with E-state index in [4.69, 9.17) is 5.73 Å². The van der Waals surface area contributed by atoms with Crippen molar-refractivity contribution in [2.45, 2.75) is 75.7 Å². The van der Waals surface area contributed by atoms with Crippen molar-refractivity contribution in [3.05, 3.63) is 106 Å². The van der Waals surface area contributed by atoms with E-state index in [1.165, 1.54) is 17.7 Å². The molecule has 1 unspecified atom stereocenters. The molecule has 226 valence electrons. The first kappa shape index (κ1) is 30.3. The van der Waals surface area contributed by atoms with Gasteiger partial charge in [0.1, 0.15) is 6.04 Å². The first-order chi connectivity index (χ1) is 20.9. The second-order valence-corrected chi connectivity index (χ2v) is 11.7. The number of carbonyl (C=O) groups excluding carboxylic acids is 2. The average Bonchev–Trinajstić information content (AvgIpc) is 3.04. The first-order valence-corrected chi connectivity index (χ1v) is 15.2. The summed E-state index contributed by atoms with van der Waals surface area (Å²) in [6, 6.07) is 20.0. The number of nitro benzene ring substituents is 1. The van der Waals surface area contributed by atoms with E-state index in [0.29, 0.717) is 31.5 Å². The van der Waals surface area contributed by atoms with Gasteiger partial charge in [-0.2, -0.15) is 0 Å². The maximum absolute atomic E-state index is 13.9. The number of nitrogens with two attached hydrogens (primary N) is 1. The van der Waals surface area contributed by atoms with Crippen LogP contribution >= 0.6 is 0 Å². The molecule has 43 heavy (non-hydrogen) atoms. The van der Waals surface area contributed by atoms with Crippen molar-refractivity contribution in [1.29, 1.82) is 0 Å². The van der Waals surface area contributed by atoms with Gasteiger partial charge < -0.3 is 16.0 Å². The number of aromatic nitrogens is 1. The van der Waals surface area contributed by atoms with Crippen molar-refractivity contribution in [2.75, 3.05) is 13.1 Å². The van der Waals surface area contributed by atoms with Crippen LogP contribution < -0.4 is 11.1 Å². The van der Waals surface area contributed by atoms with E-state index in [-0.39, 0.29) is 35.6 Å². The Morgan fingerprint density at radius 1 is 0.977 bits per heavy atom. The summed E-state index contributed by atoms with van der Waals surface area (Å²) in [6.07, 6.45) is 8.62. The fraction of sp³-hybridized carbons (Fsp3) is 0.424. The van der Waals surface area contributed by atoms with Gasteiger partial charge in [0.05, 0.1) is 10.5 Å². The van der Waals surface area contributed by atoms with E-state index in [1.54, 1.807) is 41.6 Å². The van der Waals surface area contributed by atoms with E-state index >= 15 is 0 Å². The molecule has 10 nitrogen and oxygen atoms in total. The van der Waals surface area contributed by atoms with Crippen LogP contribution in [0.3, 0.4) is 0 Å². The highest BCUT2D eigenvalue weighted by atomic mass is 16.6. The van der Waals surface area contributed by atoms with Crippen LogP contribution in [-0.4, -0.2) is 68.8 Å². The number of amides is 2. The molecule has 2 aliphatic rings. The maximum atomic E-state index is 13.9. The molecule has 5 rings (SSSR count). The molecule has 1 aliphatic carbocycles. The lowest BCUT2D eigenvalue weighted by molar-refractivity contribution is -0.384. The summed E-state index contributed by atoms with van der Waals surface area (Å²) in [5.41, 5.74) is 8.80. The molecule has 3 aromatic rings. The van der Waals surface area contributed by atoms with Gasteiger partial charge in [0.2, 0.25) is 5.91 Å². The fourth-order valence-electron chi connectivity index (χ4n) is 6.25. The number of hydrogen-bond acceptors (Lipinski definition) is 7. The monoisotopic (exact) mass is 584 g/mol. The van der Waals surface area contributed by atoms with Gasteiger partial charge in [-0.1, -0.05) is 42.5 Å². The number of non-ortho nitro benzene ring substituents is 1. The molecule has 3 N–H and O–H groups in total. The fourth-order valence-corrected chi connectivity index (χ4v) is 6.25. The van der Waals surface area contributed by atoms with Crippen LogP contribution in [-0.2, 0) is 17.8 Å². The number of nitrogens with one attached hydrogen (secondary N) is 1. The third kappa shape index (κ3) is 8.03. The Bertz CT molecular complexity index is 1360. The van der Waals surface area contributed by atoms with Crippen LogP contribution in [0.25, 0.3) is 0 Å². The highest BCUT2D eigenvalue weighted by molar-refractivity contribution is 5.97. The quantitative estimate of drug-likeness (QED) is 0.271. The molecule has 2 fully saturated rings. The van der Waals surface area contributed by atoms with E-state index < -0.39 is 11.0 Å². The lowest BCUT2D eigenvalue weighted by Gasteiger charge is -2.43. The zero-order chi connectivity index (χ0) is 30.2. The van der Waals surface area contributed by atoms with Gasteiger partial charge in [-0.15, -0.1) is 0 Å². The molecule has 2 heterocycles. The largest absolute Gasteiger partial charge is 0.352 e. The van der Waals surface area contributed by atoms with Gasteiger partial charge in [-0.05, 0) is 68.2 Å². The van der Waals surface area contributed by atoms with Crippen LogP contribution in [0.4, 0.5) is 5.69 Å². The van der Waals surface area contributed by atoms with Gasteiger partial charge in [0.25, 0.3) is 11.6 Å². The minimum Gasteiger partial charge on any atom is -0.352 e. The smallest absolute Gasteiger partial charge is 0.269 e. The van der Waals surface area contributed by atoms with Gasteiger partial charge in [0.15, 0.2) is 0 Å². The van der Waals surface area contributed by atoms with Crippen molar-refractivity contribution in [1.82, 2.24) is 20.1 Å². The number of nitrogens with zero attached hydrogens (tertiary/aromatic N) is 4. The number of rotatable bonds is 10. The summed E-state index contributed by atoms with van der Waals surface area (Å²) >= 11 is 0. The van der Waals surface area contributed by atoms with Crippen LogP contribution in [0.15, 0.2) is 79.1 Å². The van der Waals surface area contributed by atoms with Crippen molar-refractivity contribution in [3.63, 3.8) is 0 Å². The highest BCUT2D eigenvalue weighted by Crippen LogP contribution is 2.27. The molecule has 0 spiro atoms. The SMILES string of the molecule is NC1CCC(NC(=O)[C@H]2CC(N(CCc3ccccc3)Cc3ccc([N+](=O)[O-])cc3)CCN2C(=O)c2cccnc2)CC1. The Kier molecular flexibility index (Phi) is 10.1. The summed E-state index contributed by atoms with van der Waals surface area (Å²) < 4.78 is 0. The number of piperidine rings is 1. The molecule has 1 aromatic heterocycles. The highest BCUT2D eigenvalue weighted by Gasteiger charge is 2.39. The van der Waals surface area contributed by atoms with E-state index in [0.717, 1.165) is 44.2 Å². The van der Waals surface area contributed by atoms with Crippen LogP contribution in [0.1, 0.15) is 60.0 Å².